The fraction of sp³-hybridized carbons (Fsp3) is 0.143. The number of hydrogen-bond donors (Lipinski definition) is 0. The minimum atomic E-state index is -0.915. The van der Waals surface area contributed by atoms with Gasteiger partial charge in [0.2, 0.25) is 0 Å². The molecule has 1 atom stereocenters. The van der Waals surface area contributed by atoms with E-state index in [9.17, 15) is 8.78 Å². The van der Waals surface area contributed by atoms with Crippen LogP contribution < -0.4 is 4.74 Å². The van der Waals surface area contributed by atoms with Crippen molar-refractivity contribution in [3.63, 3.8) is 0 Å². The number of alkyl halides is 1. The highest BCUT2D eigenvalue weighted by molar-refractivity contribution is 9.10. The van der Waals surface area contributed by atoms with Crippen LogP contribution in [0.5, 0.6) is 5.75 Å². The summed E-state index contributed by atoms with van der Waals surface area (Å²) in [6.45, 7) is 0. The molecule has 0 heterocycles. The van der Waals surface area contributed by atoms with E-state index >= 15 is 0 Å². The molecule has 0 amide bonds. The average molecular weight is 348 g/mol. The maximum atomic E-state index is 13.9. The van der Waals surface area contributed by atoms with E-state index in [0.29, 0.717) is 10.0 Å². The van der Waals surface area contributed by atoms with E-state index in [4.69, 9.17) is 16.3 Å². The smallest absolute Gasteiger partial charge is 0.134 e. The van der Waals surface area contributed by atoms with Crippen LogP contribution in [-0.4, -0.2) is 7.11 Å². The third-order valence-corrected chi connectivity index (χ3v) is 3.90. The number of ether oxygens (including phenoxy) is 1. The van der Waals surface area contributed by atoms with E-state index in [2.05, 4.69) is 15.9 Å². The molecule has 0 N–H and O–H groups in total. The Balaban J connectivity index is 2.50. The second-order valence-corrected chi connectivity index (χ2v) is 5.18. The molecule has 0 aliphatic rings. The van der Waals surface area contributed by atoms with Crippen molar-refractivity contribution in [1.29, 1.82) is 0 Å². The van der Waals surface area contributed by atoms with E-state index in [-0.39, 0.29) is 11.3 Å². The van der Waals surface area contributed by atoms with Gasteiger partial charge >= 0.3 is 0 Å². The highest BCUT2D eigenvalue weighted by Gasteiger charge is 2.22. The molecule has 5 heteroatoms. The maximum Gasteiger partial charge on any atom is 0.134 e. The van der Waals surface area contributed by atoms with Crippen molar-refractivity contribution in [3.8, 4) is 5.75 Å². The zero-order valence-corrected chi connectivity index (χ0v) is 12.3. The first-order chi connectivity index (χ1) is 9.04. The SMILES string of the molecule is COc1cc(F)c(C(Cl)c2ccccc2Br)c(F)c1. The Labute approximate surface area is 123 Å². The Bertz CT molecular complexity index is 581. The van der Waals surface area contributed by atoms with Gasteiger partial charge in [0.15, 0.2) is 0 Å². The Kier molecular flexibility index (Phi) is 4.42. The fourth-order valence-corrected chi connectivity index (χ4v) is 2.80. The molecule has 0 fully saturated rings. The molecule has 0 saturated carbocycles. The van der Waals surface area contributed by atoms with E-state index in [0.717, 1.165) is 12.1 Å². The van der Waals surface area contributed by atoms with Crippen molar-refractivity contribution in [2.45, 2.75) is 5.38 Å². The van der Waals surface area contributed by atoms with Crippen LogP contribution in [-0.2, 0) is 0 Å². The van der Waals surface area contributed by atoms with Gasteiger partial charge in [-0.2, -0.15) is 0 Å². The Morgan fingerprint density at radius 1 is 1.16 bits per heavy atom. The first-order valence-corrected chi connectivity index (χ1v) is 6.69. The normalized spacial score (nSPS) is 12.3. The number of benzene rings is 2. The van der Waals surface area contributed by atoms with Gasteiger partial charge in [-0.1, -0.05) is 34.1 Å². The van der Waals surface area contributed by atoms with Crippen molar-refractivity contribution in [2.75, 3.05) is 7.11 Å². The van der Waals surface area contributed by atoms with Crippen molar-refractivity contribution < 1.29 is 13.5 Å². The minimum Gasteiger partial charge on any atom is -0.497 e. The number of methoxy groups -OCH3 is 1. The van der Waals surface area contributed by atoms with Crippen LogP contribution in [0.4, 0.5) is 8.78 Å². The molecule has 0 radical (unpaired) electrons. The number of halogens is 4. The molecule has 2 aromatic rings. The molecule has 0 aliphatic carbocycles. The van der Waals surface area contributed by atoms with Gasteiger partial charge in [-0.3, -0.25) is 0 Å². The lowest BCUT2D eigenvalue weighted by Crippen LogP contribution is -2.02. The molecular formula is C14H10BrClF2O. The van der Waals surface area contributed by atoms with Crippen molar-refractivity contribution in [3.05, 3.63) is 63.6 Å². The summed E-state index contributed by atoms with van der Waals surface area (Å²) in [5.41, 5.74) is 0.418. The predicted octanol–water partition coefficient (Wildman–Crippen LogP) is 5.06. The lowest BCUT2D eigenvalue weighted by molar-refractivity contribution is 0.405. The quantitative estimate of drug-likeness (QED) is 0.705. The van der Waals surface area contributed by atoms with Crippen LogP contribution in [0.2, 0.25) is 0 Å². The lowest BCUT2D eigenvalue weighted by atomic mass is 10.0. The molecular weight excluding hydrogens is 338 g/mol. The van der Waals surface area contributed by atoms with Crippen LogP contribution in [0.1, 0.15) is 16.5 Å². The van der Waals surface area contributed by atoms with Gasteiger partial charge in [-0.15, -0.1) is 11.6 Å². The van der Waals surface area contributed by atoms with Gasteiger partial charge in [0, 0.05) is 22.2 Å². The molecule has 0 aliphatic heterocycles. The summed E-state index contributed by atoms with van der Waals surface area (Å²) in [6, 6.07) is 9.27. The zero-order valence-electron chi connectivity index (χ0n) is 9.96. The van der Waals surface area contributed by atoms with Gasteiger partial charge in [0.1, 0.15) is 17.4 Å². The van der Waals surface area contributed by atoms with Crippen molar-refractivity contribution in [2.24, 2.45) is 0 Å². The second kappa shape index (κ2) is 5.88. The molecule has 0 aromatic heterocycles. The summed E-state index contributed by atoms with van der Waals surface area (Å²) in [7, 11) is 1.35. The molecule has 1 nitrogen and oxygen atoms in total. The van der Waals surface area contributed by atoms with Crippen LogP contribution in [0.3, 0.4) is 0 Å². The van der Waals surface area contributed by atoms with Gasteiger partial charge in [0.05, 0.1) is 12.5 Å². The summed E-state index contributed by atoms with van der Waals surface area (Å²) in [4.78, 5) is 0. The summed E-state index contributed by atoms with van der Waals surface area (Å²) in [5, 5.41) is -0.915. The standard InChI is InChI=1S/C14H10BrClF2O/c1-19-8-6-11(17)13(12(18)7-8)14(16)9-4-2-3-5-10(9)15/h2-7,14H,1H3. The van der Waals surface area contributed by atoms with Crippen molar-refractivity contribution in [1.82, 2.24) is 0 Å². The first kappa shape index (κ1) is 14.3. The van der Waals surface area contributed by atoms with Crippen LogP contribution in [0.25, 0.3) is 0 Å². The maximum absolute atomic E-state index is 13.9. The Morgan fingerprint density at radius 3 is 2.26 bits per heavy atom. The minimum absolute atomic E-state index is 0.120. The van der Waals surface area contributed by atoms with Crippen LogP contribution in [0, 0.1) is 11.6 Å². The first-order valence-electron chi connectivity index (χ1n) is 5.46. The molecule has 100 valence electrons. The predicted molar refractivity (Wildman–Crippen MR) is 74.7 cm³/mol. The van der Waals surface area contributed by atoms with E-state index < -0.39 is 17.0 Å². The van der Waals surface area contributed by atoms with Crippen molar-refractivity contribution >= 4 is 27.5 Å². The second-order valence-electron chi connectivity index (χ2n) is 3.89. The van der Waals surface area contributed by atoms with Gasteiger partial charge in [-0.05, 0) is 11.6 Å². The van der Waals surface area contributed by atoms with E-state index in [1.54, 1.807) is 24.3 Å². The number of hydrogen-bond acceptors (Lipinski definition) is 1. The zero-order chi connectivity index (χ0) is 14.0. The van der Waals surface area contributed by atoms with Gasteiger partial charge in [-0.25, -0.2) is 8.78 Å². The third-order valence-electron chi connectivity index (χ3n) is 2.72. The summed E-state index contributed by atoms with van der Waals surface area (Å²) < 4.78 is 33.4. The molecule has 1 unspecified atom stereocenters. The van der Waals surface area contributed by atoms with Gasteiger partial charge in [0.25, 0.3) is 0 Å². The largest absolute Gasteiger partial charge is 0.497 e. The molecule has 0 spiro atoms. The van der Waals surface area contributed by atoms with E-state index in [1.807, 2.05) is 0 Å². The topological polar surface area (TPSA) is 9.23 Å². The molecule has 0 saturated heterocycles. The highest BCUT2D eigenvalue weighted by Crippen LogP contribution is 2.37. The highest BCUT2D eigenvalue weighted by atomic mass is 79.9. The van der Waals surface area contributed by atoms with E-state index in [1.165, 1.54) is 7.11 Å². The summed E-state index contributed by atoms with van der Waals surface area (Å²) in [6.07, 6.45) is 0. The monoisotopic (exact) mass is 346 g/mol. The third kappa shape index (κ3) is 2.90. The fourth-order valence-electron chi connectivity index (χ4n) is 1.76. The molecule has 2 aromatic carbocycles. The van der Waals surface area contributed by atoms with Gasteiger partial charge < -0.3 is 4.74 Å². The van der Waals surface area contributed by atoms with Crippen LogP contribution >= 0.6 is 27.5 Å². The molecule has 19 heavy (non-hydrogen) atoms. The lowest BCUT2D eigenvalue weighted by Gasteiger charge is -2.15. The van der Waals surface area contributed by atoms with Crippen LogP contribution in [0.15, 0.2) is 40.9 Å². The molecule has 2 rings (SSSR count). The molecule has 0 bridgehead atoms. The Morgan fingerprint density at radius 2 is 1.74 bits per heavy atom. The number of rotatable bonds is 3. The average Bonchev–Trinajstić information content (AvgIpc) is 2.38. The summed E-state index contributed by atoms with van der Waals surface area (Å²) in [5.74, 6) is -1.34. The Hall–Kier alpha value is -1.13. The summed E-state index contributed by atoms with van der Waals surface area (Å²) >= 11 is 9.51.